The van der Waals surface area contributed by atoms with Gasteiger partial charge in [0.05, 0.1) is 5.69 Å². The van der Waals surface area contributed by atoms with Gasteiger partial charge in [0, 0.05) is 31.9 Å². The summed E-state index contributed by atoms with van der Waals surface area (Å²) >= 11 is 0. The molecular formula is C12H23N5. The molecule has 17 heavy (non-hydrogen) atoms. The lowest BCUT2D eigenvalue weighted by molar-refractivity contribution is 0.113. The smallest absolute Gasteiger partial charge is 0.0967 e. The van der Waals surface area contributed by atoms with Crippen molar-refractivity contribution < 1.29 is 0 Å². The van der Waals surface area contributed by atoms with Crippen LogP contribution in [0.5, 0.6) is 0 Å². The lowest BCUT2D eigenvalue weighted by Crippen LogP contribution is -2.49. The highest BCUT2D eigenvalue weighted by Crippen LogP contribution is 2.21. The third kappa shape index (κ3) is 3.04. The van der Waals surface area contributed by atoms with Gasteiger partial charge in [0.25, 0.3) is 0 Å². The summed E-state index contributed by atoms with van der Waals surface area (Å²) in [5.41, 5.74) is 1.07. The zero-order valence-corrected chi connectivity index (χ0v) is 11.1. The molecule has 5 nitrogen and oxygen atoms in total. The van der Waals surface area contributed by atoms with E-state index in [1.807, 2.05) is 20.3 Å². The van der Waals surface area contributed by atoms with Crippen molar-refractivity contribution in [1.29, 1.82) is 0 Å². The van der Waals surface area contributed by atoms with Gasteiger partial charge >= 0.3 is 0 Å². The number of aryl methyl sites for hydroxylation is 1. The third-order valence-electron chi connectivity index (χ3n) is 3.71. The van der Waals surface area contributed by atoms with E-state index in [1.165, 1.54) is 25.8 Å². The van der Waals surface area contributed by atoms with Crippen LogP contribution in [0.15, 0.2) is 6.20 Å². The van der Waals surface area contributed by atoms with Crippen molar-refractivity contribution in [1.82, 2.24) is 25.2 Å². The Kier molecular flexibility index (Phi) is 4.12. The number of piperidine rings is 1. The summed E-state index contributed by atoms with van der Waals surface area (Å²) in [5.74, 6) is 0. The zero-order chi connectivity index (χ0) is 12.3. The second-order valence-electron chi connectivity index (χ2n) is 4.99. The van der Waals surface area contributed by atoms with E-state index in [1.54, 1.807) is 4.68 Å². The minimum absolute atomic E-state index is 0.534. The van der Waals surface area contributed by atoms with Crippen molar-refractivity contribution in [3.05, 3.63) is 11.9 Å². The Morgan fingerprint density at radius 1 is 1.53 bits per heavy atom. The monoisotopic (exact) mass is 237 g/mol. The fourth-order valence-electron chi connectivity index (χ4n) is 2.65. The number of aromatic nitrogens is 3. The maximum Gasteiger partial charge on any atom is 0.0967 e. The zero-order valence-electron chi connectivity index (χ0n) is 11.1. The Morgan fingerprint density at radius 2 is 2.35 bits per heavy atom. The molecule has 1 N–H and O–H groups in total. The van der Waals surface area contributed by atoms with Gasteiger partial charge in [0.15, 0.2) is 0 Å². The molecule has 96 valence electrons. The molecule has 2 heterocycles. The van der Waals surface area contributed by atoms with Crippen LogP contribution in [0.1, 0.15) is 31.9 Å². The van der Waals surface area contributed by atoms with Crippen molar-refractivity contribution in [3.63, 3.8) is 0 Å². The number of likely N-dealkylation sites (tertiary alicyclic amines) is 1. The van der Waals surface area contributed by atoms with Crippen molar-refractivity contribution in [2.45, 2.75) is 44.8 Å². The van der Waals surface area contributed by atoms with Gasteiger partial charge in [0.2, 0.25) is 0 Å². The SMILES string of the molecule is CNC(C)C1CCCCN1Cc1cn(C)nn1. The van der Waals surface area contributed by atoms with Crippen LogP contribution in [-0.4, -0.2) is 45.6 Å². The van der Waals surface area contributed by atoms with Crippen LogP contribution in [0, 0.1) is 0 Å². The van der Waals surface area contributed by atoms with Crippen molar-refractivity contribution >= 4 is 0 Å². The number of hydrogen-bond donors (Lipinski definition) is 1. The summed E-state index contributed by atoms with van der Waals surface area (Å²) in [7, 11) is 3.96. The third-order valence-corrected chi connectivity index (χ3v) is 3.71. The molecule has 0 amide bonds. The highest BCUT2D eigenvalue weighted by atomic mass is 15.4. The number of rotatable bonds is 4. The second-order valence-corrected chi connectivity index (χ2v) is 4.99. The Balaban J connectivity index is 2.01. The molecule has 1 aliphatic rings. The molecule has 5 heteroatoms. The Hall–Kier alpha value is -0.940. The first-order valence-corrected chi connectivity index (χ1v) is 6.47. The maximum absolute atomic E-state index is 4.18. The molecule has 1 saturated heterocycles. The quantitative estimate of drug-likeness (QED) is 0.840. The van der Waals surface area contributed by atoms with Gasteiger partial charge in [-0.3, -0.25) is 9.58 Å². The largest absolute Gasteiger partial charge is 0.316 e. The minimum atomic E-state index is 0.534. The van der Waals surface area contributed by atoms with E-state index in [4.69, 9.17) is 0 Å². The van der Waals surface area contributed by atoms with E-state index in [0.29, 0.717) is 12.1 Å². The summed E-state index contributed by atoms with van der Waals surface area (Å²) in [6.07, 6.45) is 5.93. The number of likely N-dealkylation sites (N-methyl/N-ethyl adjacent to an activating group) is 1. The van der Waals surface area contributed by atoms with Crippen LogP contribution < -0.4 is 5.32 Å². The van der Waals surface area contributed by atoms with E-state index >= 15 is 0 Å². The molecule has 0 spiro atoms. The second kappa shape index (κ2) is 5.60. The molecule has 1 aromatic rings. The molecule has 2 atom stereocenters. The first-order chi connectivity index (χ1) is 8.20. The average Bonchev–Trinajstić information content (AvgIpc) is 2.74. The van der Waals surface area contributed by atoms with Crippen LogP contribution in [0.3, 0.4) is 0 Å². The van der Waals surface area contributed by atoms with E-state index in [0.717, 1.165) is 12.2 Å². The summed E-state index contributed by atoms with van der Waals surface area (Å²) < 4.78 is 1.77. The van der Waals surface area contributed by atoms with E-state index in [2.05, 4.69) is 27.5 Å². The molecule has 1 fully saturated rings. The Labute approximate surface area is 103 Å². The van der Waals surface area contributed by atoms with E-state index in [-0.39, 0.29) is 0 Å². The fourth-order valence-corrected chi connectivity index (χ4v) is 2.65. The molecule has 0 aliphatic carbocycles. The predicted molar refractivity (Wildman–Crippen MR) is 67.6 cm³/mol. The molecule has 1 aromatic heterocycles. The predicted octanol–water partition coefficient (Wildman–Crippen LogP) is 0.777. The molecular weight excluding hydrogens is 214 g/mol. The Morgan fingerprint density at radius 3 is 3.00 bits per heavy atom. The van der Waals surface area contributed by atoms with Crippen LogP contribution >= 0.6 is 0 Å². The van der Waals surface area contributed by atoms with Gasteiger partial charge in [-0.15, -0.1) is 5.10 Å². The highest BCUT2D eigenvalue weighted by Gasteiger charge is 2.26. The molecule has 2 rings (SSSR count). The van der Waals surface area contributed by atoms with Crippen LogP contribution in [0.25, 0.3) is 0 Å². The molecule has 0 radical (unpaired) electrons. The normalized spacial score (nSPS) is 23.8. The molecule has 1 aliphatic heterocycles. The van der Waals surface area contributed by atoms with Crippen molar-refractivity contribution in [3.8, 4) is 0 Å². The standard InChI is InChI=1S/C12H23N5/c1-10(13-2)12-6-4-5-7-17(12)9-11-8-16(3)15-14-11/h8,10,12-13H,4-7,9H2,1-3H3. The van der Waals surface area contributed by atoms with Gasteiger partial charge in [-0.25, -0.2) is 0 Å². The number of nitrogens with one attached hydrogen (secondary N) is 1. The first-order valence-electron chi connectivity index (χ1n) is 6.47. The van der Waals surface area contributed by atoms with Crippen molar-refractivity contribution in [2.24, 2.45) is 7.05 Å². The topological polar surface area (TPSA) is 46.0 Å². The lowest BCUT2D eigenvalue weighted by Gasteiger charge is -2.38. The molecule has 0 aromatic carbocycles. The highest BCUT2D eigenvalue weighted by molar-refractivity contribution is 4.95. The van der Waals surface area contributed by atoms with Crippen LogP contribution in [0.4, 0.5) is 0 Å². The average molecular weight is 237 g/mol. The minimum Gasteiger partial charge on any atom is -0.316 e. The van der Waals surface area contributed by atoms with Gasteiger partial charge in [-0.1, -0.05) is 11.6 Å². The van der Waals surface area contributed by atoms with E-state index < -0.39 is 0 Å². The van der Waals surface area contributed by atoms with Gasteiger partial charge in [-0.2, -0.15) is 0 Å². The summed E-state index contributed by atoms with van der Waals surface area (Å²) in [6, 6.07) is 1.16. The molecule has 0 saturated carbocycles. The van der Waals surface area contributed by atoms with Crippen molar-refractivity contribution in [2.75, 3.05) is 13.6 Å². The summed E-state index contributed by atoms with van der Waals surface area (Å²) in [5, 5.41) is 11.5. The first kappa shape index (κ1) is 12.5. The molecule has 0 bridgehead atoms. The Bertz CT molecular complexity index is 348. The number of hydrogen-bond acceptors (Lipinski definition) is 4. The number of nitrogens with zero attached hydrogens (tertiary/aromatic N) is 4. The van der Waals surface area contributed by atoms with Crippen LogP contribution in [0.2, 0.25) is 0 Å². The summed E-state index contributed by atoms with van der Waals surface area (Å²) in [6.45, 7) is 4.36. The van der Waals surface area contributed by atoms with Gasteiger partial charge in [-0.05, 0) is 33.4 Å². The maximum atomic E-state index is 4.18. The van der Waals surface area contributed by atoms with Crippen LogP contribution in [-0.2, 0) is 13.6 Å². The lowest BCUT2D eigenvalue weighted by atomic mass is 9.96. The van der Waals surface area contributed by atoms with E-state index in [9.17, 15) is 0 Å². The van der Waals surface area contributed by atoms with Gasteiger partial charge < -0.3 is 5.32 Å². The van der Waals surface area contributed by atoms with Gasteiger partial charge in [0.1, 0.15) is 0 Å². The molecule has 2 unspecified atom stereocenters. The fraction of sp³-hybridized carbons (Fsp3) is 0.833. The summed E-state index contributed by atoms with van der Waals surface area (Å²) in [4.78, 5) is 2.54.